The Morgan fingerprint density at radius 1 is 0.857 bits per heavy atom. The van der Waals surface area contributed by atoms with Crippen LogP contribution in [0.2, 0.25) is 0 Å². The van der Waals surface area contributed by atoms with Gasteiger partial charge >= 0.3 is 0 Å². The highest BCUT2D eigenvalue weighted by molar-refractivity contribution is 8.00. The summed E-state index contributed by atoms with van der Waals surface area (Å²) in [6.07, 6.45) is 3.89. The van der Waals surface area contributed by atoms with Crippen molar-refractivity contribution in [3.63, 3.8) is 0 Å². The lowest BCUT2D eigenvalue weighted by Gasteiger charge is -2.11. The summed E-state index contributed by atoms with van der Waals surface area (Å²) in [4.78, 5) is 15.1. The minimum Gasteiger partial charge on any atom is -0.494 e. The second-order valence-electron chi connectivity index (χ2n) is 9.83. The Balaban J connectivity index is 1.44. The molecule has 0 aliphatic carbocycles. The molecule has 6 nitrogen and oxygen atoms in total. The molecule has 6 rings (SSSR count). The van der Waals surface area contributed by atoms with Crippen LogP contribution in [0.1, 0.15) is 18.1 Å². The summed E-state index contributed by atoms with van der Waals surface area (Å²) >= 11 is 1.66. The molecule has 0 atom stereocenters. The largest absolute Gasteiger partial charge is 0.494 e. The average Bonchev–Trinajstić information content (AvgIpc) is 3.59. The minimum absolute atomic E-state index is 0.165. The van der Waals surface area contributed by atoms with Crippen molar-refractivity contribution in [1.29, 1.82) is 0 Å². The van der Waals surface area contributed by atoms with Crippen LogP contribution in [-0.2, 0) is 4.79 Å². The number of carbonyl (C=O) groups excluding carboxylic acids is 1. The SMILES string of the molecule is CCOc1cccc(-c2nn(-c3ccccc3)cc2/C=C2\C(=O)N(c3ccccc3)N=C2CSc2ccc(C)cc2)c1. The number of nitrogens with zero attached hydrogens (tertiary/aromatic N) is 4. The van der Waals surface area contributed by atoms with Gasteiger partial charge in [-0.05, 0) is 68.5 Å². The topological polar surface area (TPSA) is 59.7 Å². The Labute approximate surface area is 250 Å². The number of rotatable bonds is 9. The molecule has 42 heavy (non-hydrogen) atoms. The van der Waals surface area contributed by atoms with Gasteiger partial charge in [-0.2, -0.15) is 15.2 Å². The smallest absolute Gasteiger partial charge is 0.280 e. The molecular weight excluding hydrogens is 540 g/mol. The Morgan fingerprint density at radius 2 is 1.57 bits per heavy atom. The monoisotopic (exact) mass is 570 g/mol. The molecule has 0 bridgehead atoms. The Morgan fingerprint density at radius 3 is 2.29 bits per heavy atom. The molecule has 1 aliphatic heterocycles. The van der Waals surface area contributed by atoms with Gasteiger partial charge in [0.15, 0.2) is 0 Å². The van der Waals surface area contributed by atoms with Crippen LogP contribution in [0.3, 0.4) is 0 Å². The van der Waals surface area contributed by atoms with E-state index in [0.717, 1.165) is 44.6 Å². The van der Waals surface area contributed by atoms with Gasteiger partial charge in [-0.3, -0.25) is 4.79 Å². The number of benzene rings is 4. The van der Waals surface area contributed by atoms with Crippen molar-refractivity contribution in [1.82, 2.24) is 9.78 Å². The molecule has 0 saturated heterocycles. The number of ether oxygens (including phenoxy) is 1. The van der Waals surface area contributed by atoms with Gasteiger partial charge in [-0.1, -0.05) is 66.2 Å². The molecule has 1 aliphatic rings. The summed E-state index contributed by atoms with van der Waals surface area (Å²) in [7, 11) is 0. The molecule has 0 saturated carbocycles. The summed E-state index contributed by atoms with van der Waals surface area (Å²) in [6.45, 7) is 4.61. The highest BCUT2D eigenvalue weighted by Gasteiger charge is 2.31. The zero-order chi connectivity index (χ0) is 28.9. The van der Waals surface area contributed by atoms with Crippen molar-refractivity contribution >= 4 is 35.1 Å². The van der Waals surface area contributed by atoms with Gasteiger partial charge in [0.1, 0.15) is 11.4 Å². The number of carbonyl (C=O) groups is 1. The highest BCUT2D eigenvalue weighted by Crippen LogP contribution is 2.32. The lowest BCUT2D eigenvalue weighted by Crippen LogP contribution is -2.21. The average molecular weight is 571 g/mol. The third kappa shape index (κ3) is 5.92. The quantitative estimate of drug-likeness (QED) is 0.134. The van der Waals surface area contributed by atoms with Gasteiger partial charge in [0.2, 0.25) is 0 Å². The predicted molar refractivity (Wildman–Crippen MR) is 171 cm³/mol. The van der Waals surface area contributed by atoms with Crippen LogP contribution in [0.4, 0.5) is 5.69 Å². The molecule has 0 N–H and O–H groups in total. The zero-order valence-electron chi connectivity index (χ0n) is 23.5. The standard InChI is InChI=1S/C35H30N4O2S/c1-3-41-30-16-10-11-26(21-30)34-27(23-38(37-34)28-12-6-4-7-13-28)22-32-33(24-42-31-19-17-25(2)18-20-31)36-39(35(32)40)29-14-8-5-9-15-29/h4-23H,3,24H2,1-2H3/b32-22-. The van der Waals surface area contributed by atoms with E-state index in [1.807, 2.05) is 109 Å². The first-order valence-electron chi connectivity index (χ1n) is 13.9. The van der Waals surface area contributed by atoms with E-state index in [9.17, 15) is 4.79 Å². The number of hydrogen-bond acceptors (Lipinski definition) is 5. The summed E-state index contributed by atoms with van der Waals surface area (Å²) in [6, 6.07) is 35.8. The zero-order valence-corrected chi connectivity index (χ0v) is 24.3. The van der Waals surface area contributed by atoms with Crippen molar-refractivity contribution in [3.05, 3.63) is 132 Å². The number of thioether (sulfide) groups is 1. The van der Waals surface area contributed by atoms with Crippen LogP contribution < -0.4 is 9.75 Å². The van der Waals surface area contributed by atoms with E-state index in [1.54, 1.807) is 11.8 Å². The second-order valence-corrected chi connectivity index (χ2v) is 10.9. The molecular formula is C35H30N4O2S. The van der Waals surface area contributed by atoms with Gasteiger partial charge in [0.05, 0.1) is 29.3 Å². The van der Waals surface area contributed by atoms with E-state index in [4.69, 9.17) is 14.9 Å². The molecule has 4 aromatic carbocycles. The van der Waals surface area contributed by atoms with E-state index >= 15 is 0 Å². The number of para-hydroxylation sites is 2. The summed E-state index contributed by atoms with van der Waals surface area (Å²) in [5.41, 5.74) is 6.61. The molecule has 0 radical (unpaired) electrons. The number of aromatic nitrogens is 2. The first kappa shape index (κ1) is 27.3. The lowest BCUT2D eigenvalue weighted by molar-refractivity contribution is -0.114. The van der Waals surface area contributed by atoms with Crippen molar-refractivity contribution in [3.8, 4) is 22.7 Å². The molecule has 208 valence electrons. The maximum atomic E-state index is 13.9. The van der Waals surface area contributed by atoms with Gasteiger partial charge in [-0.15, -0.1) is 11.8 Å². The summed E-state index contributed by atoms with van der Waals surface area (Å²) in [5.74, 6) is 1.15. The van der Waals surface area contributed by atoms with E-state index in [0.29, 0.717) is 17.9 Å². The summed E-state index contributed by atoms with van der Waals surface area (Å²) in [5, 5.41) is 11.3. The van der Waals surface area contributed by atoms with Crippen LogP contribution in [0, 0.1) is 6.92 Å². The van der Waals surface area contributed by atoms with Crippen LogP contribution in [0.25, 0.3) is 23.0 Å². The number of amides is 1. The van der Waals surface area contributed by atoms with Crippen molar-refractivity contribution < 1.29 is 9.53 Å². The first-order valence-corrected chi connectivity index (χ1v) is 14.8. The highest BCUT2D eigenvalue weighted by atomic mass is 32.2. The Hall–Kier alpha value is -4.88. The Kier molecular flexibility index (Phi) is 8.01. The molecule has 7 heteroatoms. The molecule has 2 heterocycles. The van der Waals surface area contributed by atoms with Crippen molar-refractivity contribution in [2.24, 2.45) is 5.10 Å². The number of aryl methyl sites for hydroxylation is 1. The third-order valence-corrected chi connectivity index (χ3v) is 7.86. The van der Waals surface area contributed by atoms with E-state index in [2.05, 4.69) is 31.2 Å². The molecule has 1 aromatic heterocycles. The maximum absolute atomic E-state index is 13.9. The van der Waals surface area contributed by atoms with Crippen molar-refractivity contribution in [2.75, 3.05) is 17.4 Å². The first-order chi connectivity index (χ1) is 20.6. The number of hydrogen-bond donors (Lipinski definition) is 0. The maximum Gasteiger partial charge on any atom is 0.280 e. The van der Waals surface area contributed by atoms with Crippen LogP contribution >= 0.6 is 11.8 Å². The number of anilines is 1. The molecule has 0 unspecified atom stereocenters. The van der Waals surface area contributed by atoms with E-state index < -0.39 is 0 Å². The van der Waals surface area contributed by atoms with E-state index in [1.165, 1.54) is 10.6 Å². The Bertz CT molecular complexity index is 1760. The van der Waals surface area contributed by atoms with Gasteiger partial charge in [0.25, 0.3) is 5.91 Å². The normalized spacial score (nSPS) is 14.0. The van der Waals surface area contributed by atoms with E-state index in [-0.39, 0.29) is 5.91 Å². The second kappa shape index (κ2) is 12.3. The summed E-state index contributed by atoms with van der Waals surface area (Å²) < 4.78 is 7.63. The third-order valence-electron chi connectivity index (χ3n) is 6.83. The number of hydrazone groups is 1. The molecule has 0 fully saturated rings. The van der Waals surface area contributed by atoms with Gasteiger partial charge in [-0.25, -0.2) is 4.68 Å². The fraction of sp³-hybridized carbons (Fsp3) is 0.114. The molecule has 5 aromatic rings. The fourth-order valence-corrected chi connectivity index (χ4v) is 5.57. The van der Waals surface area contributed by atoms with Crippen molar-refractivity contribution in [2.45, 2.75) is 18.7 Å². The fourth-order valence-electron chi connectivity index (χ4n) is 4.73. The van der Waals surface area contributed by atoms with Gasteiger partial charge in [0, 0.05) is 28.0 Å². The van der Waals surface area contributed by atoms with Gasteiger partial charge < -0.3 is 4.74 Å². The lowest BCUT2D eigenvalue weighted by atomic mass is 10.0. The van der Waals surface area contributed by atoms with Crippen LogP contribution in [0.5, 0.6) is 5.75 Å². The molecule has 0 spiro atoms. The van der Waals surface area contributed by atoms with Crippen LogP contribution in [-0.4, -0.2) is 33.8 Å². The van der Waals surface area contributed by atoms with Crippen LogP contribution in [0.15, 0.2) is 131 Å². The predicted octanol–water partition coefficient (Wildman–Crippen LogP) is 7.82. The minimum atomic E-state index is -0.165. The molecule has 1 amide bonds.